The number of rotatable bonds is 4. The van der Waals surface area contributed by atoms with Crippen molar-refractivity contribution in [2.45, 2.75) is 31.7 Å². The Hall–Kier alpha value is -0.710. The van der Waals surface area contributed by atoms with Crippen molar-refractivity contribution < 1.29 is 18.3 Å². The molecular formula is C8H13F2NO2. The number of hydrogen-bond acceptors (Lipinski definition) is 3. The summed E-state index contributed by atoms with van der Waals surface area (Å²) in [6.45, 7) is 1.43. The quantitative estimate of drug-likeness (QED) is 0.675. The van der Waals surface area contributed by atoms with Gasteiger partial charge in [-0.25, -0.2) is 4.79 Å². The molecule has 1 saturated carbocycles. The zero-order valence-electron chi connectivity index (χ0n) is 7.43. The summed E-state index contributed by atoms with van der Waals surface area (Å²) in [4.78, 5) is 10.8. The molecule has 76 valence electrons. The Morgan fingerprint density at radius 1 is 1.69 bits per heavy atom. The Bertz CT molecular complexity index is 204. The number of halogens is 2. The van der Waals surface area contributed by atoms with E-state index in [0.29, 0.717) is 12.8 Å². The highest BCUT2D eigenvalue weighted by atomic mass is 19.3. The maximum absolute atomic E-state index is 13.1. The molecule has 1 aliphatic carbocycles. The van der Waals surface area contributed by atoms with Crippen LogP contribution in [0.3, 0.4) is 0 Å². The summed E-state index contributed by atoms with van der Waals surface area (Å²) in [5.74, 6) is -5.26. The van der Waals surface area contributed by atoms with E-state index >= 15 is 0 Å². The van der Waals surface area contributed by atoms with Crippen molar-refractivity contribution >= 4 is 5.97 Å². The van der Waals surface area contributed by atoms with Gasteiger partial charge in [0.2, 0.25) is 0 Å². The minimum absolute atomic E-state index is 0.0498. The van der Waals surface area contributed by atoms with Crippen LogP contribution in [0.25, 0.3) is 0 Å². The van der Waals surface area contributed by atoms with Crippen molar-refractivity contribution in [2.75, 3.05) is 6.61 Å². The highest BCUT2D eigenvalue weighted by Crippen LogP contribution is 2.38. The summed E-state index contributed by atoms with van der Waals surface area (Å²) in [6, 6.07) is -1.38. The molecule has 0 aromatic carbocycles. The summed E-state index contributed by atoms with van der Waals surface area (Å²) in [5.41, 5.74) is 5.24. The van der Waals surface area contributed by atoms with Crippen molar-refractivity contribution in [3.05, 3.63) is 0 Å². The molecule has 0 radical (unpaired) electrons. The van der Waals surface area contributed by atoms with Gasteiger partial charge in [0.15, 0.2) is 0 Å². The summed E-state index contributed by atoms with van der Waals surface area (Å²) in [7, 11) is 0. The number of esters is 1. The van der Waals surface area contributed by atoms with E-state index in [1.165, 1.54) is 6.92 Å². The Morgan fingerprint density at radius 2 is 2.23 bits per heavy atom. The molecule has 13 heavy (non-hydrogen) atoms. The normalized spacial score (nSPS) is 19.7. The van der Waals surface area contributed by atoms with E-state index in [2.05, 4.69) is 4.74 Å². The smallest absolute Gasteiger partial charge is 0.378 e. The predicted octanol–water partition coefficient (Wildman–Crippen LogP) is 0.922. The van der Waals surface area contributed by atoms with E-state index < -0.39 is 17.9 Å². The molecule has 0 unspecified atom stereocenters. The van der Waals surface area contributed by atoms with Gasteiger partial charge in [0, 0.05) is 0 Å². The van der Waals surface area contributed by atoms with Crippen LogP contribution in [-0.4, -0.2) is 24.5 Å². The highest BCUT2D eigenvalue weighted by molar-refractivity contribution is 5.78. The first kappa shape index (κ1) is 10.4. The second kappa shape index (κ2) is 3.57. The molecule has 1 aliphatic rings. The summed E-state index contributed by atoms with van der Waals surface area (Å²) < 4.78 is 30.4. The monoisotopic (exact) mass is 193 g/mol. The molecule has 0 amide bonds. The van der Waals surface area contributed by atoms with Crippen molar-refractivity contribution in [2.24, 2.45) is 11.7 Å². The number of hydrogen-bond donors (Lipinski definition) is 1. The molecule has 0 spiro atoms. The number of alkyl halides is 2. The average molecular weight is 193 g/mol. The summed E-state index contributed by atoms with van der Waals surface area (Å²) in [6.07, 6.45) is 1.35. The lowest BCUT2D eigenvalue weighted by atomic mass is 10.1. The Balaban J connectivity index is 2.56. The fourth-order valence-electron chi connectivity index (χ4n) is 1.11. The van der Waals surface area contributed by atoms with Crippen molar-refractivity contribution in [3.63, 3.8) is 0 Å². The van der Waals surface area contributed by atoms with Crippen LogP contribution >= 0.6 is 0 Å². The number of carbonyl (C=O) groups is 1. The van der Waals surface area contributed by atoms with Crippen LogP contribution in [-0.2, 0) is 9.53 Å². The number of nitrogens with two attached hydrogens (primary N) is 1. The van der Waals surface area contributed by atoms with Crippen LogP contribution in [0.1, 0.15) is 19.8 Å². The van der Waals surface area contributed by atoms with E-state index in [4.69, 9.17) is 5.73 Å². The molecule has 0 aliphatic heterocycles. The molecule has 1 atom stereocenters. The lowest BCUT2D eigenvalue weighted by Gasteiger charge is -2.20. The van der Waals surface area contributed by atoms with Gasteiger partial charge in [0.1, 0.15) is 0 Å². The first-order chi connectivity index (χ1) is 6.00. The van der Waals surface area contributed by atoms with Gasteiger partial charge in [-0.2, -0.15) is 8.78 Å². The van der Waals surface area contributed by atoms with Crippen LogP contribution < -0.4 is 5.73 Å². The molecule has 5 heteroatoms. The Kier molecular flexibility index (Phi) is 2.85. The first-order valence-electron chi connectivity index (χ1n) is 4.30. The molecule has 0 aromatic rings. The van der Waals surface area contributed by atoms with Gasteiger partial charge in [0.05, 0.1) is 12.6 Å². The van der Waals surface area contributed by atoms with Gasteiger partial charge in [-0.3, -0.25) is 0 Å². The van der Waals surface area contributed by atoms with Crippen LogP contribution in [0, 0.1) is 5.92 Å². The molecule has 0 heterocycles. The van der Waals surface area contributed by atoms with Crippen LogP contribution in [0.5, 0.6) is 0 Å². The third-order valence-electron chi connectivity index (χ3n) is 2.10. The number of carbonyl (C=O) groups excluding carboxylic acids is 1. The third-order valence-corrected chi connectivity index (χ3v) is 2.10. The number of ether oxygens (including phenoxy) is 1. The van der Waals surface area contributed by atoms with E-state index in [1.807, 2.05) is 0 Å². The standard InChI is InChI=1S/C8H13F2NO2/c1-2-13-7(12)8(9,10)6(11)5-3-4-5/h5-6H,2-4,11H2,1H3/t6-/m1/s1. The van der Waals surface area contributed by atoms with Crippen molar-refractivity contribution in [1.82, 2.24) is 0 Å². The zero-order valence-corrected chi connectivity index (χ0v) is 7.43. The Morgan fingerprint density at radius 3 is 2.62 bits per heavy atom. The van der Waals surface area contributed by atoms with Gasteiger partial charge >= 0.3 is 11.9 Å². The molecule has 0 aromatic heterocycles. The van der Waals surface area contributed by atoms with Gasteiger partial charge in [-0.05, 0) is 25.7 Å². The van der Waals surface area contributed by atoms with Gasteiger partial charge in [-0.1, -0.05) is 0 Å². The average Bonchev–Trinajstić information content (AvgIpc) is 2.86. The van der Waals surface area contributed by atoms with E-state index in [0.717, 1.165) is 0 Å². The van der Waals surface area contributed by atoms with E-state index in [9.17, 15) is 13.6 Å². The van der Waals surface area contributed by atoms with Crippen molar-refractivity contribution in [1.29, 1.82) is 0 Å². The first-order valence-corrected chi connectivity index (χ1v) is 4.30. The molecular weight excluding hydrogens is 180 g/mol. The second-order valence-corrected chi connectivity index (χ2v) is 3.21. The van der Waals surface area contributed by atoms with Crippen molar-refractivity contribution in [3.8, 4) is 0 Å². The predicted molar refractivity (Wildman–Crippen MR) is 42.3 cm³/mol. The lowest BCUT2D eigenvalue weighted by Crippen LogP contribution is -2.49. The SMILES string of the molecule is CCOC(=O)C(F)(F)[C@H](N)C1CC1. The molecule has 0 bridgehead atoms. The summed E-state index contributed by atoms with van der Waals surface area (Å²) >= 11 is 0. The largest absolute Gasteiger partial charge is 0.462 e. The minimum atomic E-state index is -3.53. The van der Waals surface area contributed by atoms with E-state index in [1.54, 1.807) is 0 Å². The van der Waals surface area contributed by atoms with Crippen LogP contribution in [0.4, 0.5) is 8.78 Å². The third kappa shape index (κ3) is 2.15. The minimum Gasteiger partial charge on any atom is -0.462 e. The summed E-state index contributed by atoms with van der Waals surface area (Å²) in [5, 5.41) is 0. The topological polar surface area (TPSA) is 52.3 Å². The van der Waals surface area contributed by atoms with Crippen LogP contribution in [0.15, 0.2) is 0 Å². The fourth-order valence-corrected chi connectivity index (χ4v) is 1.11. The molecule has 1 fully saturated rings. The van der Waals surface area contributed by atoms with Gasteiger partial charge < -0.3 is 10.5 Å². The maximum atomic E-state index is 13.1. The molecule has 2 N–H and O–H groups in total. The second-order valence-electron chi connectivity index (χ2n) is 3.21. The van der Waals surface area contributed by atoms with Gasteiger partial charge in [0.25, 0.3) is 0 Å². The zero-order chi connectivity index (χ0) is 10.1. The molecule has 0 saturated heterocycles. The maximum Gasteiger partial charge on any atom is 0.378 e. The molecule has 1 rings (SSSR count). The van der Waals surface area contributed by atoms with Gasteiger partial charge in [-0.15, -0.1) is 0 Å². The fraction of sp³-hybridized carbons (Fsp3) is 0.875. The van der Waals surface area contributed by atoms with Crippen LogP contribution in [0.2, 0.25) is 0 Å². The highest BCUT2D eigenvalue weighted by Gasteiger charge is 2.52. The van der Waals surface area contributed by atoms with E-state index in [-0.39, 0.29) is 12.5 Å². The Labute approximate surface area is 75.2 Å². The molecule has 3 nitrogen and oxygen atoms in total. The lowest BCUT2D eigenvalue weighted by molar-refractivity contribution is -0.175.